The quantitative estimate of drug-likeness (QED) is 0.415. The molecule has 198 valence electrons. The van der Waals surface area contributed by atoms with Gasteiger partial charge >= 0.3 is 12.4 Å². The number of alkyl halides is 6. The van der Waals surface area contributed by atoms with E-state index in [0.717, 1.165) is 44.0 Å². The van der Waals surface area contributed by atoms with E-state index in [0.29, 0.717) is 29.7 Å². The number of hydrogen-bond acceptors (Lipinski definition) is 2. The van der Waals surface area contributed by atoms with E-state index < -0.39 is 23.5 Å². The fourth-order valence-corrected chi connectivity index (χ4v) is 5.86. The third kappa shape index (κ3) is 5.91. The van der Waals surface area contributed by atoms with Gasteiger partial charge in [0.15, 0.2) is 0 Å². The highest BCUT2D eigenvalue weighted by atomic mass is 19.4. The zero-order valence-electron chi connectivity index (χ0n) is 21.0. The Balaban J connectivity index is 1.71. The van der Waals surface area contributed by atoms with Crippen LogP contribution in [0.4, 0.5) is 26.3 Å². The van der Waals surface area contributed by atoms with Crippen molar-refractivity contribution in [1.82, 2.24) is 10.2 Å². The third-order valence-electron chi connectivity index (χ3n) is 7.86. The highest BCUT2D eigenvalue weighted by Crippen LogP contribution is 2.41. The minimum Gasteiger partial charge on any atom is -0.310 e. The van der Waals surface area contributed by atoms with Crippen LogP contribution in [0.15, 0.2) is 30.3 Å². The molecule has 0 radical (unpaired) electrons. The number of aryl methyl sites for hydroxylation is 1. The largest absolute Gasteiger partial charge is 0.416 e. The molecule has 0 aromatic heterocycles. The van der Waals surface area contributed by atoms with Crippen molar-refractivity contribution >= 4 is 0 Å². The van der Waals surface area contributed by atoms with Gasteiger partial charge in [-0.3, -0.25) is 0 Å². The summed E-state index contributed by atoms with van der Waals surface area (Å²) in [5, 5.41) is 3.26. The summed E-state index contributed by atoms with van der Waals surface area (Å²) >= 11 is 0. The van der Waals surface area contributed by atoms with Gasteiger partial charge in [-0.15, -0.1) is 0 Å². The van der Waals surface area contributed by atoms with E-state index in [2.05, 4.69) is 10.2 Å². The van der Waals surface area contributed by atoms with Crippen LogP contribution in [0.5, 0.6) is 0 Å². The molecular weight excluding hydrogens is 478 g/mol. The highest BCUT2D eigenvalue weighted by Gasteiger charge is 2.36. The first-order valence-electron chi connectivity index (χ1n) is 12.7. The lowest BCUT2D eigenvalue weighted by Gasteiger charge is -2.31. The van der Waals surface area contributed by atoms with Gasteiger partial charge in [0.2, 0.25) is 0 Å². The molecule has 8 heteroatoms. The molecule has 4 rings (SSSR count). The first-order valence-corrected chi connectivity index (χ1v) is 12.7. The van der Waals surface area contributed by atoms with Crippen LogP contribution in [-0.2, 0) is 18.8 Å². The van der Waals surface area contributed by atoms with E-state index in [1.165, 1.54) is 18.2 Å². The second-order valence-corrected chi connectivity index (χ2v) is 10.5. The Morgan fingerprint density at radius 3 is 2.22 bits per heavy atom. The van der Waals surface area contributed by atoms with Crippen molar-refractivity contribution < 1.29 is 26.3 Å². The maximum absolute atomic E-state index is 14.1. The molecule has 2 atom stereocenters. The monoisotopic (exact) mass is 512 g/mol. The van der Waals surface area contributed by atoms with Gasteiger partial charge in [-0.2, -0.15) is 26.3 Å². The summed E-state index contributed by atoms with van der Waals surface area (Å²) in [5.74, 6) is -0.166. The first kappa shape index (κ1) is 27.0. The van der Waals surface area contributed by atoms with Crippen molar-refractivity contribution in [2.75, 3.05) is 26.7 Å². The minimum absolute atomic E-state index is 0.111. The molecule has 0 bridgehead atoms. The van der Waals surface area contributed by atoms with Gasteiger partial charge in [-0.05, 0) is 124 Å². The summed E-state index contributed by atoms with van der Waals surface area (Å²) in [4.78, 5) is 2.22. The van der Waals surface area contributed by atoms with Crippen molar-refractivity contribution in [1.29, 1.82) is 0 Å². The Hall–Kier alpha value is -2.06. The lowest BCUT2D eigenvalue weighted by atomic mass is 9.81. The van der Waals surface area contributed by atoms with Gasteiger partial charge < -0.3 is 10.2 Å². The zero-order valence-corrected chi connectivity index (χ0v) is 21.0. The summed E-state index contributed by atoms with van der Waals surface area (Å²) in [6.07, 6.45) is -5.51. The molecule has 0 aliphatic carbocycles. The van der Waals surface area contributed by atoms with E-state index >= 15 is 0 Å². The minimum atomic E-state index is -4.50. The van der Waals surface area contributed by atoms with E-state index in [-0.39, 0.29) is 29.9 Å². The molecule has 0 saturated carbocycles. The second kappa shape index (κ2) is 10.4. The molecule has 0 spiro atoms. The van der Waals surface area contributed by atoms with Gasteiger partial charge in [0.25, 0.3) is 0 Å². The van der Waals surface area contributed by atoms with Gasteiger partial charge in [0.1, 0.15) is 0 Å². The number of rotatable bonds is 5. The lowest BCUT2D eigenvalue weighted by Crippen LogP contribution is -2.29. The van der Waals surface area contributed by atoms with E-state index in [1.54, 1.807) is 13.0 Å². The third-order valence-corrected chi connectivity index (χ3v) is 7.86. The van der Waals surface area contributed by atoms with Gasteiger partial charge in [-0.1, -0.05) is 19.1 Å². The van der Waals surface area contributed by atoms with Crippen molar-refractivity contribution in [3.8, 4) is 0 Å². The van der Waals surface area contributed by atoms with Gasteiger partial charge in [0, 0.05) is 6.04 Å². The Morgan fingerprint density at radius 1 is 0.944 bits per heavy atom. The topological polar surface area (TPSA) is 15.3 Å². The number of likely N-dealkylation sites (tertiary alicyclic amines) is 1. The number of benzene rings is 2. The van der Waals surface area contributed by atoms with Crippen LogP contribution in [0.1, 0.15) is 89.4 Å². The van der Waals surface area contributed by atoms with Crippen LogP contribution in [0.25, 0.3) is 0 Å². The molecule has 2 heterocycles. The first-order chi connectivity index (χ1) is 16.8. The van der Waals surface area contributed by atoms with Crippen LogP contribution in [0.2, 0.25) is 0 Å². The van der Waals surface area contributed by atoms with Gasteiger partial charge in [-0.25, -0.2) is 0 Å². The van der Waals surface area contributed by atoms with E-state index in [1.807, 2.05) is 14.0 Å². The normalized spacial score (nSPS) is 21.2. The smallest absolute Gasteiger partial charge is 0.310 e. The number of halogens is 6. The van der Waals surface area contributed by atoms with Gasteiger partial charge in [0.05, 0.1) is 11.1 Å². The van der Waals surface area contributed by atoms with Crippen LogP contribution < -0.4 is 5.32 Å². The summed E-state index contributed by atoms with van der Waals surface area (Å²) in [5.41, 5.74) is 1.69. The predicted molar refractivity (Wildman–Crippen MR) is 129 cm³/mol. The Labute approximate surface area is 209 Å². The molecule has 2 nitrogen and oxygen atoms in total. The summed E-state index contributed by atoms with van der Waals surface area (Å²) < 4.78 is 82.6. The van der Waals surface area contributed by atoms with E-state index in [4.69, 9.17) is 0 Å². The number of piperidine rings is 1. The van der Waals surface area contributed by atoms with E-state index in [9.17, 15) is 26.3 Å². The molecule has 1 N–H and O–H groups in total. The van der Waals surface area contributed by atoms with Crippen LogP contribution in [0.3, 0.4) is 0 Å². The molecule has 2 aromatic carbocycles. The fourth-order valence-electron chi connectivity index (χ4n) is 5.86. The number of nitrogens with one attached hydrogen (secondary N) is 1. The van der Waals surface area contributed by atoms with Crippen molar-refractivity contribution in [3.05, 3.63) is 69.3 Å². The summed E-state index contributed by atoms with van der Waals surface area (Å²) in [7, 11) is 2.05. The number of nitrogens with zero attached hydrogens (tertiary/aromatic N) is 1. The van der Waals surface area contributed by atoms with Crippen LogP contribution in [-0.4, -0.2) is 31.6 Å². The molecule has 2 aliphatic rings. The maximum Gasteiger partial charge on any atom is 0.416 e. The fraction of sp³-hybridized carbons (Fsp3) is 0.571. The predicted octanol–water partition coefficient (Wildman–Crippen LogP) is 7.61. The Morgan fingerprint density at radius 2 is 1.64 bits per heavy atom. The molecular formula is C28H34F6N2. The lowest BCUT2D eigenvalue weighted by molar-refractivity contribution is -0.138. The molecule has 2 aliphatic heterocycles. The van der Waals surface area contributed by atoms with Crippen LogP contribution >= 0.6 is 0 Å². The summed E-state index contributed by atoms with van der Waals surface area (Å²) in [6, 6.07) is 6.46. The van der Waals surface area contributed by atoms with Crippen LogP contribution in [0, 0.1) is 6.92 Å². The van der Waals surface area contributed by atoms with Crippen molar-refractivity contribution in [2.24, 2.45) is 0 Å². The van der Waals surface area contributed by atoms with Crippen molar-refractivity contribution in [2.45, 2.75) is 76.2 Å². The molecule has 2 saturated heterocycles. The molecule has 0 amide bonds. The second-order valence-electron chi connectivity index (χ2n) is 10.5. The zero-order chi connectivity index (χ0) is 26.3. The molecule has 1 unspecified atom stereocenters. The molecule has 2 fully saturated rings. The average Bonchev–Trinajstić information content (AvgIpc) is 3.34. The highest BCUT2D eigenvalue weighted by molar-refractivity contribution is 5.44. The van der Waals surface area contributed by atoms with Crippen molar-refractivity contribution in [3.63, 3.8) is 0 Å². The Bertz CT molecular complexity index is 1060. The average molecular weight is 513 g/mol. The maximum atomic E-state index is 14.1. The summed E-state index contributed by atoms with van der Waals surface area (Å²) in [6.45, 7) is 6.08. The SMILES string of the molecule is Cc1cc(C(F)(F)F)c(C[C@H](C)c2ccc(C(F)(F)F)cc2C2CCCN2)cc1C1CCN(C)CC1. The number of hydrogen-bond donors (Lipinski definition) is 1. The standard InChI is InChI=1S/C28H34F6N2/c1-17(22-7-6-21(27(29,30)31)16-24(22)26-5-4-10-35-26)13-20-15-23(19-8-11-36(3)12-9-19)18(2)14-25(20)28(32,33)34/h6-7,14-17,19,26,35H,4-5,8-13H2,1-3H3/t17-,26?/m0/s1. The molecule has 2 aromatic rings. The Kier molecular flexibility index (Phi) is 7.77. The molecule has 36 heavy (non-hydrogen) atoms.